The van der Waals surface area contributed by atoms with Crippen molar-refractivity contribution in [1.29, 1.82) is 0 Å². The zero-order valence-electron chi connectivity index (χ0n) is 19.3. The highest BCUT2D eigenvalue weighted by Crippen LogP contribution is 2.58. The normalized spacial score (nSPS) is 32.9. The summed E-state index contributed by atoms with van der Waals surface area (Å²) < 4.78 is 13.8. The van der Waals surface area contributed by atoms with Gasteiger partial charge in [0.25, 0.3) is 0 Å². The predicted molar refractivity (Wildman–Crippen MR) is 138 cm³/mol. The minimum absolute atomic E-state index is 0.384. The average molecular weight is 552 g/mol. The number of rotatable bonds is 6. The van der Waals surface area contributed by atoms with Crippen LogP contribution >= 0.6 is 35.6 Å². The monoisotopic (exact) mass is 551 g/mol. The molecule has 2 aliphatic heterocycles. The van der Waals surface area contributed by atoms with E-state index in [1.165, 1.54) is 23.1 Å². The summed E-state index contributed by atoms with van der Waals surface area (Å²) in [4.78, 5) is 8.63. The number of anilines is 1. The Morgan fingerprint density at radius 3 is 2.89 bits per heavy atom. The maximum atomic E-state index is 12.1. The molecule has 0 radical (unpaired) electrons. The molecule has 0 saturated carbocycles. The smallest absolute Gasteiger partial charge is 0.194 e. The third-order valence-electron chi connectivity index (χ3n) is 6.84. The lowest BCUT2D eigenvalue weighted by Crippen LogP contribution is -2.78. The molecule has 0 aromatic carbocycles. The Morgan fingerprint density at radius 2 is 2.28 bits per heavy atom. The summed E-state index contributed by atoms with van der Waals surface area (Å²) in [6.45, 7) is 0.537. The largest absolute Gasteiger partial charge is 0.392 e. The molecule has 5 N–H and O–H groups in total. The molecule has 0 amide bonds. The van der Waals surface area contributed by atoms with Crippen LogP contribution in [-0.4, -0.2) is 84.2 Å². The van der Waals surface area contributed by atoms with Crippen LogP contribution in [0.25, 0.3) is 11.4 Å². The number of aromatic nitrogens is 5. The van der Waals surface area contributed by atoms with Crippen molar-refractivity contribution < 1.29 is 19.7 Å². The number of aliphatic hydroxyl groups excluding tert-OH is 2. The van der Waals surface area contributed by atoms with Gasteiger partial charge in [0.1, 0.15) is 22.9 Å². The highest BCUT2D eigenvalue weighted by molar-refractivity contribution is 7.80. The second-order valence-corrected chi connectivity index (χ2v) is 10.6. The number of aliphatic hydroxyl groups is 2. The van der Waals surface area contributed by atoms with Crippen LogP contribution in [0.5, 0.6) is 0 Å². The number of methoxy groups -OCH3 is 1. The average Bonchev–Trinajstić information content (AvgIpc) is 3.57. The maximum absolute atomic E-state index is 12.1. The van der Waals surface area contributed by atoms with Gasteiger partial charge >= 0.3 is 0 Å². The lowest BCUT2D eigenvalue weighted by atomic mass is 9.63. The molecule has 36 heavy (non-hydrogen) atoms. The maximum Gasteiger partial charge on any atom is 0.194 e. The molecular formula is C22H26ClN7O4S2. The number of hydrogen-bond acceptors (Lipinski definition) is 12. The molecule has 2 aliphatic rings. The molecule has 11 nitrogen and oxygen atoms in total. The molecule has 1 saturated heterocycles. The van der Waals surface area contributed by atoms with Crippen molar-refractivity contribution in [2.75, 3.05) is 32.5 Å². The Morgan fingerprint density at radius 1 is 1.44 bits per heavy atom. The minimum atomic E-state index is -1.95. The molecule has 3 aromatic heterocycles. The summed E-state index contributed by atoms with van der Waals surface area (Å²) in [6, 6.07) is 3.52. The van der Waals surface area contributed by atoms with Crippen LogP contribution in [0.2, 0.25) is 0 Å². The SMILES string of the molecule is CO[C@@]1(C2=CCNCC2)[C@@H](S)O[C@](Cl)(CO)[C@H](O)C1(c1cccnc1)n1cc(-c2csc(N)n2)nn1. The van der Waals surface area contributed by atoms with Gasteiger partial charge in [0.05, 0.1) is 12.8 Å². The van der Waals surface area contributed by atoms with Crippen molar-refractivity contribution in [3.8, 4) is 11.4 Å². The van der Waals surface area contributed by atoms with E-state index >= 15 is 0 Å². The van der Waals surface area contributed by atoms with Crippen molar-refractivity contribution in [2.45, 2.75) is 34.2 Å². The Balaban J connectivity index is 1.86. The fraction of sp³-hybridized carbons (Fsp3) is 0.455. The number of pyridine rings is 1. The lowest BCUT2D eigenvalue weighted by Gasteiger charge is -2.61. The second-order valence-electron chi connectivity index (χ2n) is 8.57. The number of nitrogens with one attached hydrogen (secondary N) is 1. The molecular weight excluding hydrogens is 526 g/mol. The zero-order chi connectivity index (χ0) is 25.6. The van der Waals surface area contributed by atoms with E-state index in [9.17, 15) is 10.2 Å². The van der Waals surface area contributed by atoms with Gasteiger partial charge in [-0.05, 0) is 24.6 Å². The van der Waals surface area contributed by atoms with E-state index in [2.05, 4.69) is 25.6 Å². The van der Waals surface area contributed by atoms with Crippen molar-refractivity contribution in [3.63, 3.8) is 0 Å². The van der Waals surface area contributed by atoms with Crippen molar-refractivity contribution in [2.24, 2.45) is 0 Å². The quantitative estimate of drug-likeness (QED) is 0.170. The molecule has 1 unspecified atom stereocenters. The van der Waals surface area contributed by atoms with Crippen LogP contribution in [0.1, 0.15) is 12.0 Å². The van der Waals surface area contributed by atoms with E-state index in [0.29, 0.717) is 41.6 Å². The highest BCUT2D eigenvalue weighted by Gasteiger charge is 2.73. The summed E-state index contributed by atoms with van der Waals surface area (Å²) in [5.74, 6) is 0. The summed E-state index contributed by atoms with van der Waals surface area (Å²) in [7, 11) is 1.52. The number of hydrogen-bond donors (Lipinski definition) is 5. The van der Waals surface area contributed by atoms with E-state index in [4.69, 9.17) is 39.4 Å². The number of halogens is 1. The number of nitrogen functional groups attached to an aromatic ring is 1. The molecule has 5 atom stereocenters. The number of nitrogens with two attached hydrogens (primary N) is 1. The van der Waals surface area contributed by atoms with Crippen molar-refractivity contribution in [1.82, 2.24) is 30.3 Å². The van der Waals surface area contributed by atoms with Gasteiger partial charge in [-0.1, -0.05) is 29.0 Å². The Bertz CT molecular complexity index is 1260. The third kappa shape index (κ3) is 3.61. The molecule has 3 aromatic rings. The summed E-state index contributed by atoms with van der Waals surface area (Å²) in [5.41, 5.74) is 4.01. The van der Waals surface area contributed by atoms with Gasteiger partial charge in [-0.25, -0.2) is 9.67 Å². The minimum Gasteiger partial charge on any atom is -0.392 e. The Kier molecular flexibility index (Phi) is 6.85. The number of ether oxygens (including phenoxy) is 2. The topological polar surface area (TPSA) is 153 Å². The Labute approximate surface area is 221 Å². The van der Waals surface area contributed by atoms with Crippen molar-refractivity contribution in [3.05, 3.63) is 53.3 Å². The highest BCUT2D eigenvalue weighted by atomic mass is 35.5. The molecule has 0 aliphatic carbocycles. The first-order valence-electron chi connectivity index (χ1n) is 11.2. The van der Waals surface area contributed by atoms with Crippen LogP contribution in [0.4, 0.5) is 5.13 Å². The first-order chi connectivity index (χ1) is 17.3. The third-order valence-corrected chi connectivity index (χ3v) is 8.40. The summed E-state index contributed by atoms with van der Waals surface area (Å²) in [5, 5.41) is 34.7. The van der Waals surface area contributed by atoms with E-state index in [0.717, 1.165) is 5.57 Å². The van der Waals surface area contributed by atoms with Gasteiger partial charge in [0, 0.05) is 37.0 Å². The van der Waals surface area contributed by atoms with E-state index in [-0.39, 0.29) is 0 Å². The molecule has 5 heterocycles. The van der Waals surface area contributed by atoms with Gasteiger partial charge in [-0.2, -0.15) is 0 Å². The number of nitrogens with zero attached hydrogens (tertiary/aromatic N) is 5. The lowest BCUT2D eigenvalue weighted by molar-refractivity contribution is -0.264. The van der Waals surface area contributed by atoms with Gasteiger partial charge in [-0.3, -0.25) is 4.98 Å². The standard InChI is InChI=1S/C22H26ClN7O4S2/c1-33-22(13-4-7-25-8-5-13)18(35)34-20(23,12-31)17(32)21(22,14-3-2-6-26-9-14)30-10-15(28-29-30)16-11-36-19(24)27-16/h2-4,6,9-11,17-18,25,31-32,35H,5,7-8,12H2,1H3,(H2,24,27)/t17-,18+,20+,21?,22-/m0/s1. The molecule has 192 valence electrons. The first-order valence-corrected chi connectivity index (χ1v) is 12.9. The van der Waals surface area contributed by atoms with E-state index < -0.39 is 34.3 Å². The number of thiol groups is 1. The first kappa shape index (κ1) is 25.5. The van der Waals surface area contributed by atoms with Gasteiger partial charge in [0.15, 0.2) is 21.3 Å². The van der Waals surface area contributed by atoms with Gasteiger partial charge < -0.3 is 30.7 Å². The molecule has 14 heteroatoms. The summed E-state index contributed by atoms with van der Waals surface area (Å²) in [6.07, 6.45) is 5.81. The molecule has 5 rings (SSSR count). The molecule has 0 spiro atoms. The Hall–Kier alpha value is -2.10. The van der Waals surface area contributed by atoms with Crippen LogP contribution < -0.4 is 11.1 Å². The van der Waals surface area contributed by atoms with E-state index in [1.54, 1.807) is 36.1 Å². The number of thiazole rings is 1. The van der Waals surface area contributed by atoms with E-state index in [1.807, 2.05) is 6.08 Å². The van der Waals surface area contributed by atoms with Crippen LogP contribution in [0.3, 0.4) is 0 Å². The summed E-state index contributed by atoms with van der Waals surface area (Å²) >= 11 is 12.9. The van der Waals surface area contributed by atoms with Crippen LogP contribution in [0, 0.1) is 0 Å². The predicted octanol–water partition coefficient (Wildman–Crippen LogP) is 1.00. The fourth-order valence-electron chi connectivity index (χ4n) is 5.26. The van der Waals surface area contributed by atoms with Gasteiger partial charge in [0.2, 0.25) is 0 Å². The van der Waals surface area contributed by atoms with Crippen LogP contribution in [-0.2, 0) is 15.0 Å². The zero-order valence-corrected chi connectivity index (χ0v) is 21.7. The molecule has 1 fully saturated rings. The fourth-order valence-corrected chi connectivity index (χ4v) is 6.78. The second kappa shape index (κ2) is 9.65. The van der Waals surface area contributed by atoms with Gasteiger partial charge in [-0.15, -0.1) is 29.1 Å². The van der Waals surface area contributed by atoms with Crippen LogP contribution in [0.15, 0.2) is 47.8 Å². The van der Waals surface area contributed by atoms with Crippen molar-refractivity contribution >= 4 is 40.7 Å². The number of alkyl halides is 1. The molecule has 0 bridgehead atoms.